The van der Waals surface area contributed by atoms with E-state index in [2.05, 4.69) is 0 Å². The van der Waals surface area contributed by atoms with E-state index >= 15 is 0 Å². The summed E-state index contributed by atoms with van der Waals surface area (Å²) in [6, 6.07) is 7.59. The second kappa shape index (κ2) is 5.61. The van der Waals surface area contributed by atoms with E-state index < -0.39 is 0 Å². The second-order valence-electron chi connectivity index (χ2n) is 3.64. The molecule has 0 heterocycles. The van der Waals surface area contributed by atoms with Crippen LogP contribution in [-0.2, 0) is 6.42 Å². The molecule has 1 aromatic rings. The molecule has 86 valence electrons. The van der Waals surface area contributed by atoms with Crippen LogP contribution in [-0.4, -0.2) is 29.4 Å². The smallest absolute Gasteiger partial charge is 0.254 e. The number of thiocarbonyl (C=S) groups is 1. The summed E-state index contributed by atoms with van der Waals surface area (Å²) >= 11 is 4.79. The van der Waals surface area contributed by atoms with Gasteiger partial charge < -0.3 is 10.6 Å². The Morgan fingerprint density at radius 1 is 1.44 bits per heavy atom. The zero-order valence-electron chi connectivity index (χ0n) is 9.56. The van der Waals surface area contributed by atoms with Gasteiger partial charge in [-0.1, -0.05) is 37.3 Å². The van der Waals surface area contributed by atoms with Gasteiger partial charge in [0.1, 0.15) is 0 Å². The summed E-state index contributed by atoms with van der Waals surface area (Å²) in [7, 11) is 1.70. The van der Waals surface area contributed by atoms with Gasteiger partial charge in [-0.05, 0) is 18.1 Å². The number of nitrogens with zero attached hydrogens (tertiary/aromatic N) is 1. The van der Waals surface area contributed by atoms with E-state index in [1.807, 2.05) is 31.2 Å². The summed E-state index contributed by atoms with van der Waals surface area (Å²) in [4.78, 5) is 13.9. The zero-order chi connectivity index (χ0) is 12.1. The maximum atomic E-state index is 12.1. The van der Waals surface area contributed by atoms with Crippen molar-refractivity contribution >= 4 is 23.1 Å². The van der Waals surface area contributed by atoms with E-state index in [4.69, 9.17) is 18.0 Å². The van der Waals surface area contributed by atoms with Crippen LogP contribution in [0.15, 0.2) is 24.3 Å². The van der Waals surface area contributed by atoms with Crippen LogP contribution in [0.2, 0.25) is 0 Å². The molecule has 0 saturated heterocycles. The molecule has 0 radical (unpaired) electrons. The van der Waals surface area contributed by atoms with Gasteiger partial charge in [-0.15, -0.1) is 0 Å². The third-order valence-electron chi connectivity index (χ3n) is 2.37. The molecular formula is C12H16N2OS. The largest absolute Gasteiger partial charge is 0.392 e. The summed E-state index contributed by atoms with van der Waals surface area (Å²) in [5.41, 5.74) is 7.19. The third kappa shape index (κ3) is 3.03. The summed E-state index contributed by atoms with van der Waals surface area (Å²) in [5, 5.41) is 0. The van der Waals surface area contributed by atoms with Gasteiger partial charge in [0.25, 0.3) is 5.91 Å². The minimum Gasteiger partial charge on any atom is -0.392 e. The molecule has 0 aliphatic heterocycles. The van der Waals surface area contributed by atoms with Crippen molar-refractivity contribution in [2.45, 2.75) is 13.3 Å². The fourth-order valence-corrected chi connectivity index (χ4v) is 1.74. The lowest BCUT2D eigenvalue weighted by atomic mass is 10.0. The van der Waals surface area contributed by atoms with Gasteiger partial charge >= 0.3 is 0 Å². The van der Waals surface area contributed by atoms with Crippen molar-refractivity contribution in [1.82, 2.24) is 4.90 Å². The van der Waals surface area contributed by atoms with Crippen LogP contribution < -0.4 is 5.73 Å². The molecule has 1 amide bonds. The first kappa shape index (κ1) is 12.6. The number of nitrogens with two attached hydrogens (primary N) is 1. The lowest BCUT2D eigenvalue weighted by Crippen LogP contribution is -2.34. The number of carbonyl (C=O) groups excluding carboxylic acids is 1. The van der Waals surface area contributed by atoms with Gasteiger partial charge in [-0.2, -0.15) is 0 Å². The quantitative estimate of drug-likeness (QED) is 0.808. The third-order valence-corrected chi connectivity index (χ3v) is 2.50. The van der Waals surface area contributed by atoms with Crippen LogP contribution in [0.5, 0.6) is 0 Å². The molecule has 0 unspecified atom stereocenters. The number of hydrogen-bond donors (Lipinski definition) is 1. The fourth-order valence-electron chi connectivity index (χ4n) is 1.55. The number of amides is 1. The summed E-state index contributed by atoms with van der Waals surface area (Å²) in [6.45, 7) is 2.34. The van der Waals surface area contributed by atoms with Crippen LogP contribution in [0.1, 0.15) is 22.8 Å². The molecule has 0 aliphatic rings. The van der Waals surface area contributed by atoms with E-state index in [0.717, 1.165) is 17.5 Å². The minimum atomic E-state index is -0.0368. The van der Waals surface area contributed by atoms with E-state index in [1.165, 1.54) is 4.90 Å². The Kier molecular flexibility index (Phi) is 4.43. The van der Waals surface area contributed by atoms with Crippen molar-refractivity contribution < 1.29 is 4.79 Å². The van der Waals surface area contributed by atoms with E-state index in [1.54, 1.807) is 7.05 Å². The average molecular weight is 236 g/mol. The van der Waals surface area contributed by atoms with Crippen LogP contribution in [0.25, 0.3) is 0 Å². The molecule has 0 aromatic heterocycles. The van der Waals surface area contributed by atoms with Crippen LogP contribution in [0, 0.1) is 0 Å². The Morgan fingerprint density at radius 3 is 2.62 bits per heavy atom. The first-order valence-corrected chi connectivity index (χ1v) is 5.58. The SMILES string of the molecule is CCc1ccccc1C(=O)N(C)CC(N)=S. The van der Waals surface area contributed by atoms with Crippen molar-refractivity contribution in [3.63, 3.8) is 0 Å². The van der Waals surface area contributed by atoms with Crippen molar-refractivity contribution in [2.24, 2.45) is 5.73 Å². The van der Waals surface area contributed by atoms with Gasteiger partial charge in [0.15, 0.2) is 0 Å². The predicted octanol–water partition coefficient (Wildman–Crippen LogP) is 1.61. The van der Waals surface area contributed by atoms with Gasteiger partial charge in [-0.25, -0.2) is 0 Å². The van der Waals surface area contributed by atoms with Crippen molar-refractivity contribution in [2.75, 3.05) is 13.6 Å². The Bertz CT molecular complexity index is 404. The van der Waals surface area contributed by atoms with Crippen LogP contribution in [0.3, 0.4) is 0 Å². The highest BCUT2D eigenvalue weighted by molar-refractivity contribution is 7.80. The lowest BCUT2D eigenvalue weighted by molar-refractivity contribution is 0.0814. The van der Waals surface area contributed by atoms with Gasteiger partial charge in [0.2, 0.25) is 0 Å². The van der Waals surface area contributed by atoms with Gasteiger partial charge in [-0.3, -0.25) is 4.79 Å². The van der Waals surface area contributed by atoms with E-state index in [9.17, 15) is 4.79 Å². The minimum absolute atomic E-state index is 0.0368. The van der Waals surface area contributed by atoms with Crippen molar-refractivity contribution in [3.8, 4) is 0 Å². The average Bonchev–Trinajstić information content (AvgIpc) is 2.27. The molecule has 0 spiro atoms. The number of carbonyl (C=O) groups is 1. The maximum absolute atomic E-state index is 12.1. The van der Waals surface area contributed by atoms with E-state index in [-0.39, 0.29) is 5.91 Å². The fraction of sp³-hybridized carbons (Fsp3) is 0.333. The topological polar surface area (TPSA) is 46.3 Å². The number of aryl methyl sites for hydroxylation is 1. The molecule has 1 rings (SSSR count). The Morgan fingerprint density at radius 2 is 2.06 bits per heavy atom. The van der Waals surface area contributed by atoms with Crippen molar-refractivity contribution in [3.05, 3.63) is 35.4 Å². The normalized spacial score (nSPS) is 9.88. The maximum Gasteiger partial charge on any atom is 0.254 e. The molecular weight excluding hydrogens is 220 g/mol. The molecule has 1 aromatic carbocycles. The highest BCUT2D eigenvalue weighted by Gasteiger charge is 2.14. The molecule has 16 heavy (non-hydrogen) atoms. The zero-order valence-corrected chi connectivity index (χ0v) is 10.4. The molecule has 2 N–H and O–H groups in total. The molecule has 3 nitrogen and oxygen atoms in total. The van der Waals surface area contributed by atoms with Crippen molar-refractivity contribution in [1.29, 1.82) is 0 Å². The predicted molar refractivity (Wildman–Crippen MR) is 69.6 cm³/mol. The summed E-state index contributed by atoms with van der Waals surface area (Å²) in [6.07, 6.45) is 0.836. The molecule has 0 bridgehead atoms. The highest BCUT2D eigenvalue weighted by Crippen LogP contribution is 2.11. The Labute approximate surface area is 101 Å². The molecule has 0 saturated carbocycles. The standard InChI is InChI=1S/C12H16N2OS/c1-3-9-6-4-5-7-10(9)12(15)14(2)8-11(13)16/h4-7H,3,8H2,1-2H3,(H2,13,16). The molecule has 4 heteroatoms. The summed E-state index contributed by atoms with van der Waals surface area (Å²) < 4.78 is 0. The number of hydrogen-bond acceptors (Lipinski definition) is 2. The monoisotopic (exact) mass is 236 g/mol. The molecule has 0 aliphatic carbocycles. The number of likely N-dealkylation sites (N-methyl/N-ethyl adjacent to an activating group) is 1. The first-order valence-electron chi connectivity index (χ1n) is 5.18. The lowest BCUT2D eigenvalue weighted by Gasteiger charge is -2.17. The highest BCUT2D eigenvalue weighted by atomic mass is 32.1. The molecule has 0 atom stereocenters. The molecule has 0 fully saturated rings. The first-order chi connectivity index (χ1) is 7.56. The Hall–Kier alpha value is -1.42. The second-order valence-corrected chi connectivity index (χ2v) is 4.16. The summed E-state index contributed by atoms with van der Waals surface area (Å²) in [5.74, 6) is -0.0368. The van der Waals surface area contributed by atoms with Gasteiger partial charge in [0.05, 0.1) is 11.5 Å². The number of rotatable bonds is 4. The van der Waals surface area contributed by atoms with Gasteiger partial charge in [0, 0.05) is 12.6 Å². The van der Waals surface area contributed by atoms with E-state index in [0.29, 0.717) is 11.5 Å². The van der Waals surface area contributed by atoms with Crippen LogP contribution in [0.4, 0.5) is 0 Å². The number of benzene rings is 1. The Balaban J connectivity index is 2.91. The van der Waals surface area contributed by atoms with Crippen LogP contribution >= 0.6 is 12.2 Å².